The van der Waals surface area contributed by atoms with E-state index < -0.39 is 0 Å². The van der Waals surface area contributed by atoms with E-state index in [1.165, 1.54) is 0 Å². The van der Waals surface area contributed by atoms with Gasteiger partial charge in [0, 0.05) is 11.8 Å². The van der Waals surface area contributed by atoms with Crippen molar-refractivity contribution >= 4 is 0 Å². The Labute approximate surface area is 120 Å². The van der Waals surface area contributed by atoms with Gasteiger partial charge in [0.1, 0.15) is 0 Å². The fourth-order valence-corrected chi connectivity index (χ4v) is 1.98. The maximum absolute atomic E-state index is 8.04. The number of nitrogens with zero attached hydrogens (tertiary/aromatic N) is 1. The number of rotatable bonds is 2. The summed E-state index contributed by atoms with van der Waals surface area (Å²) in [5.74, 6) is 0. The molecule has 0 aliphatic carbocycles. The fourth-order valence-electron chi connectivity index (χ4n) is 1.98. The van der Waals surface area contributed by atoms with Gasteiger partial charge in [-0.2, -0.15) is 0 Å². The minimum absolute atomic E-state index is 0.192. The third-order valence-electron chi connectivity index (χ3n) is 2.96. The van der Waals surface area contributed by atoms with Crippen molar-refractivity contribution in [2.75, 3.05) is 0 Å². The SMILES string of the molecule is [2H]c1c([2H])c([2H])c(-c2ccc(-c3ncccc3C)cc2)c([2H])c1[2H]. The maximum Gasteiger partial charge on any atom is 0.0731 e. The predicted octanol–water partition coefficient (Wildman–Crippen LogP) is 4.72. The van der Waals surface area contributed by atoms with E-state index in [4.69, 9.17) is 6.85 Å². The van der Waals surface area contributed by atoms with Crippen molar-refractivity contribution in [2.45, 2.75) is 6.92 Å². The first-order valence-corrected chi connectivity index (χ1v) is 6.01. The van der Waals surface area contributed by atoms with Gasteiger partial charge in [0.2, 0.25) is 0 Å². The number of hydrogen-bond donors (Lipinski definition) is 0. The molecule has 0 atom stereocenters. The molecular formula is C18H15N. The van der Waals surface area contributed by atoms with E-state index in [1.807, 2.05) is 31.2 Å². The minimum atomic E-state index is -0.380. The van der Waals surface area contributed by atoms with Crippen molar-refractivity contribution in [1.82, 2.24) is 4.98 Å². The van der Waals surface area contributed by atoms with E-state index in [9.17, 15) is 0 Å². The molecule has 0 aliphatic rings. The Morgan fingerprint density at radius 1 is 0.842 bits per heavy atom. The van der Waals surface area contributed by atoms with Crippen molar-refractivity contribution < 1.29 is 6.85 Å². The molecule has 0 amide bonds. The van der Waals surface area contributed by atoms with Crippen molar-refractivity contribution in [2.24, 2.45) is 0 Å². The molecule has 3 aromatic rings. The number of hydrogen-bond acceptors (Lipinski definition) is 1. The minimum Gasteiger partial charge on any atom is -0.256 e. The van der Waals surface area contributed by atoms with Gasteiger partial charge in [-0.1, -0.05) is 60.5 Å². The zero-order valence-electron chi connectivity index (χ0n) is 15.5. The van der Waals surface area contributed by atoms with Gasteiger partial charge < -0.3 is 0 Å². The summed E-state index contributed by atoms with van der Waals surface area (Å²) in [6, 6.07) is 9.67. The highest BCUT2D eigenvalue weighted by Gasteiger charge is 2.03. The Kier molecular flexibility index (Phi) is 1.93. The monoisotopic (exact) mass is 250 g/mol. The third-order valence-corrected chi connectivity index (χ3v) is 2.96. The van der Waals surface area contributed by atoms with Crippen LogP contribution in [-0.4, -0.2) is 4.98 Å². The quantitative estimate of drug-likeness (QED) is 0.641. The number of aromatic nitrogens is 1. The van der Waals surface area contributed by atoms with Crippen LogP contribution in [0.3, 0.4) is 0 Å². The van der Waals surface area contributed by atoms with Gasteiger partial charge >= 0.3 is 0 Å². The summed E-state index contributed by atoms with van der Waals surface area (Å²) in [7, 11) is 0. The van der Waals surface area contributed by atoms with E-state index >= 15 is 0 Å². The Morgan fingerprint density at radius 2 is 1.53 bits per heavy atom. The zero-order chi connectivity index (χ0) is 17.4. The molecule has 92 valence electrons. The summed E-state index contributed by atoms with van der Waals surface area (Å²) in [5, 5.41) is 0. The third kappa shape index (κ3) is 2.41. The molecule has 1 heteroatoms. The van der Waals surface area contributed by atoms with Gasteiger partial charge in [0.25, 0.3) is 0 Å². The highest BCUT2D eigenvalue weighted by atomic mass is 14.7. The Bertz CT molecular complexity index is 890. The van der Waals surface area contributed by atoms with Crippen LogP contribution in [0.5, 0.6) is 0 Å². The Balaban J connectivity index is 2.12. The lowest BCUT2D eigenvalue weighted by Gasteiger charge is -2.06. The molecular weight excluding hydrogens is 230 g/mol. The van der Waals surface area contributed by atoms with E-state index in [0.29, 0.717) is 5.56 Å². The Hall–Kier alpha value is -2.41. The standard InChI is InChI=1S/C18H15N/c1-14-6-5-13-19-18(14)17-11-9-16(10-12-17)15-7-3-2-4-8-15/h2-13H,1H3/i2D,3D,4D,7D,8D. The molecule has 0 bridgehead atoms. The van der Waals surface area contributed by atoms with Gasteiger partial charge in [-0.3, -0.25) is 4.98 Å². The average molecular weight is 250 g/mol. The lowest BCUT2D eigenvalue weighted by molar-refractivity contribution is 1.27. The summed E-state index contributed by atoms with van der Waals surface area (Å²) in [6.45, 7) is 1.98. The van der Waals surface area contributed by atoms with Crippen LogP contribution in [0.25, 0.3) is 22.4 Å². The second kappa shape index (κ2) is 5.07. The molecule has 0 saturated carbocycles. The number of aryl methyl sites for hydroxylation is 1. The van der Waals surface area contributed by atoms with E-state index in [1.54, 1.807) is 18.3 Å². The van der Waals surface area contributed by atoms with E-state index in [0.717, 1.165) is 16.8 Å². The van der Waals surface area contributed by atoms with E-state index in [-0.39, 0.29) is 35.8 Å². The lowest BCUT2D eigenvalue weighted by atomic mass is 10.0. The molecule has 0 aliphatic heterocycles. The molecule has 19 heavy (non-hydrogen) atoms. The zero-order valence-corrected chi connectivity index (χ0v) is 10.5. The summed E-state index contributed by atoms with van der Waals surface area (Å²) < 4.78 is 39.3. The summed E-state index contributed by atoms with van der Waals surface area (Å²) >= 11 is 0. The average Bonchev–Trinajstić information content (AvgIpc) is 2.60. The normalized spacial score (nSPS) is 14.1. The summed E-state index contributed by atoms with van der Waals surface area (Å²) in [5.41, 5.74) is 3.64. The fraction of sp³-hybridized carbons (Fsp3) is 0.0556. The van der Waals surface area contributed by atoms with Crippen molar-refractivity contribution in [1.29, 1.82) is 0 Å². The topological polar surface area (TPSA) is 12.9 Å². The summed E-state index contributed by atoms with van der Waals surface area (Å²) in [6.07, 6.45) is 1.73. The van der Waals surface area contributed by atoms with Gasteiger partial charge in [-0.25, -0.2) is 0 Å². The predicted molar refractivity (Wildman–Crippen MR) is 79.8 cm³/mol. The van der Waals surface area contributed by atoms with Crippen molar-refractivity contribution in [3.63, 3.8) is 0 Å². The second-order valence-corrected chi connectivity index (χ2v) is 4.25. The first-order valence-electron chi connectivity index (χ1n) is 8.51. The smallest absolute Gasteiger partial charge is 0.0731 e. The largest absolute Gasteiger partial charge is 0.256 e. The molecule has 1 aromatic heterocycles. The second-order valence-electron chi connectivity index (χ2n) is 4.25. The van der Waals surface area contributed by atoms with Crippen molar-refractivity contribution in [3.05, 3.63) is 78.4 Å². The molecule has 2 aromatic carbocycles. The van der Waals surface area contributed by atoms with Crippen LogP contribution in [0.15, 0.2) is 72.8 Å². The lowest BCUT2D eigenvalue weighted by Crippen LogP contribution is -1.87. The van der Waals surface area contributed by atoms with Crippen LogP contribution >= 0.6 is 0 Å². The molecule has 1 nitrogen and oxygen atoms in total. The van der Waals surface area contributed by atoms with Crippen LogP contribution < -0.4 is 0 Å². The molecule has 0 saturated heterocycles. The van der Waals surface area contributed by atoms with Crippen LogP contribution in [0.1, 0.15) is 12.4 Å². The molecule has 0 N–H and O–H groups in total. The van der Waals surface area contributed by atoms with Crippen LogP contribution in [0, 0.1) is 6.92 Å². The molecule has 0 fully saturated rings. The van der Waals surface area contributed by atoms with Crippen LogP contribution in [0.2, 0.25) is 0 Å². The number of pyridine rings is 1. The van der Waals surface area contributed by atoms with Crippen molar-refractivity contribution in [3.8, 4) is 22.4 Å². The first-order chi connectivity index (χ1) is 11.4. The van der Waals surface area contributed by atoms with E-state index in [2.05, 4.69) is 4.98 Å². The first kappa shape index (κ1) is 7.25. The highest BCUT2D eigenvalue weighted by molar-refractivity contribution is 5.69. The van der Waals surface area contributed by atoms with Crippen LogP contribution in [-0.2, 0) is 0 Å². The van der Waals surface area contributed by atoms with Gasteiger partial charge in [0.05, 0.1) is 12.5 Å². The summed E-state index contributed by atoms with van der Waals surface area (Å²) in [4.78, 5) is 4.37. The van der Waals surface area contributed by atoms with Gasteiger partial charge in [-0.15, -0.1) is 0 Å². The number of benzene rings is 2. The molecule has 0 unspecified atom stereocenters. The molecule has 3 rings (SSSR count). The highest BCUT2D eigenvalue weighted by Crippen LogP contribution is 2.25. The molecule has 0 radical (unpaired) electrons. The molecule has 0 spiro atoms. The molecule has 1 heterocycles. The van der Waals surface area contributed by atoms with Crippen LogP contribution in [0.4, 0.5) is 0 Å². The Morgan fingerprint density at radius 3 is 2.21 bits per heavy atom. The van der Waals surface area contributed by atoms with Gasteiger partial charge in [-0.05, 0) is 29.7 Å². The van der Waals surface area contributed by atoms with Gasteiger partial charge in [0.15, 0.2) is 0 Å². The maximum atomic E-state index is 8.04.